The fourth-order valence-electron chi connectivity index (χ4n) is 3.71. The van der Waals surface area contributed by atoms with Crippen LogP contribution in [0.4, 0.5) is 0 Å². The molecule has 4 atom stereocenters. The van der Waals surface area contributed by atoms with Crippen molar-refractivity contribution >= 4 is 11.8 Å². The molecule has 0 saturated heterocycles. The van der Waals surface area contributed by atoms with Crippen LogP contribution in [0.1, 0.15) is 46.5 Å². The van der Waals surface area contributed by atoms with Crippen molar-refractivity contribution in [1.82, 2.24) is 0 Å². The van der Waals surface area contributed by atoms with E-state index in [1.807, 2.05) is 0 Å². The van der Waals surface area contributed by atoms with E-state index < -0.39 is 11.9 Å². The third-order valence-electron chi connectivity index (χ3n) is 4.63. The van der Waals surface area contributed by atoms with Gasteiger partial charge in [-0.15, -0.1) is 0 Å². The molecule has 0 aromatic heterocycles. The second-order valence-electron chi connectivity index (χ2n) is 6.74. The van der Waals surface area contributed by atoms with Crippen LogP contribution in [-0.4, -0.2) is 11.8 Å². The van der Waals surface area contributed by atoms with Crippen LogP contribution in [0.2, 0.25) is 0 Å². The number of carbonyl (C=O) groups excluding carboxylic acids is 2. The maximum absolute atomic E-state index is 12.2. The number of fused-ring (bicyclic) bond motifs is 2. The standard InChI is InChI=1S/C14H22O3/c1-14(2,3)11-5-4-8-6-9(13(16)17)7-10(11)12(8)15/h8-11H,4-7H2,1-3H3,(H,16,17)/p-1. The van der Waals surface area contributed by atoms with Gasteiger partial charge in [0.15, 0.2) is 0 Å². The van der Waals surface area contributed by atoms with Crippen LogP contribution in [0, 0.1) is 29.1 Å². The number of aliphatic carboxylic acids is 1. The van der Waals surface area contributed by atoms with Crippen LogP contribution >= 0.6 is 0 Å². The average molecular weight is 237 g/mol. The molecular weight excluding hydrogens is 216 g/mol. The lowest BCUT2D eigenvalue weighted by Gasteiger charge is -2.47. The Morgan fingerprint density at radius 2 is 1.88 bits per heavy atom. The number of rotatable bonds is 1. The molecule has 4 unspecified atom stereocenters. The molecule has 0 heterocycles. The van der Waals surface area contributed by atoms with Gasteiger partial charge in [-0.25, -0.2) is 0 Å². The Labute approximate surface area is 103 Å². The van der Waals surface area contributed by atoms with Gasteiger partial charge in [0.1, 0.15) is 5.78 Å². The minimum atomic E-state index is -0.970. The Morgan fingerprint density at radius 3 is 2.41 bits per heavy atom. The summed E-state index contributed by atoms with van der Waals surface area (Å²) in [6, 6.07) is 0. The Balaban J connectivity index is 2.22. The van der Waals surface area contributed by atoms with Gasteiger partial charge in [0.2, 0.25) is 0 Å². The summed E-state index contributed by atoms with van der Waals surface area (Å²) in [6.45, 7) is 6.44. The Bertz CT molecular complexity index is 340. The van der Waals surface area contributed by atoms with Gasteiger partial charge >= 0.3 is 0 Å². The van der Waals surface area contributed by atoms with Crippen molar-refractivity contribution in [3.8, 4) is 0 Å². The van der Waals surface area contributed by atoms with Gasteiger partial charge in [-0.05, 0) is 42.9 Å². The zero-order chi connectivity index (χ0) is 12.8. The molecular formula is C14H21O3-. The molecule has 17 heavy (non-hydrogen) atoms. The van der Waals surface area contributed by atoms with Crippen LogP contribution in [0.3, 0.4) is 0 Å². The quantitative estimate of drug-likeness (QED) is 0.692. The van der Waals surface area contributed by atoms with Crippen LogP contribution in [-0.2, 0) is 9.59 Å². The molecule has 2 bridgehead atoms. The van der Waals surface area contributed by atoms with E-state index in [0.29, 0.717) is 24.5 Å². The van der Waals surface area contributed by atoms with Gasteiger partial charge in [0.25, 0.3) is 0 Å². The second kappa shape index (κ2) is 4.11. The lowest BCUT2D eigenvalue weighted by atomic mass is 9.57. The van der Waals surface area contributed by atoms with Gasteiger partial charge in [0, 0.05) is 17.8 Å². The molecule has 2 rings (SSSR count). The number of carbonyl (C=O) groups is 2. The van der Waals surface area contributed by atoms with Crippen molar-refractivity contribution < 1.29 is 14.7 Å². The summed E-state index contributed by atoms with van der Waals surface area (Å²) in [5.74, 6) is -0.808. The Morgan fingerprint density at radius 1 is 1.24 bits per heavy atom. The van der Waals surface area contributed by atoms with Crippen molar-refractivity contribution in [2.75, 3.05) is 0 Å². The first-order valence-corrected chi connectivity index (χ1v) is 6.55. The number of hydrogen-bond acceptors (Lipinski definition) is 3. The number of carboxylic acids is 1. The van der Waals surface area contributed by atoms with E-state index in [4.69, 9.17) is 0 Å². The molecule has 2 aliphatic carbocycles. The highest BCUT2D eigenvalue weighted by Crippen LogP contribution is 2.49. The van der Waals surface area contributed by atoms with Crippen molar-refractivity contribution in [2.45, 2.75) is 46.5 Å². The topological polar surface area (TPSA) is 57.2 Å². The summed E-state index contributed by atoms with van der Waals surface area (Å²) in [5, 5.41) is 11.0. The molecule has 0 N–H and O–H groups in total. The average Bonchev–Trinajstić information content (AvgIpc) is 2.14. The zero-order valence-corrected chi connectivity index (χ0v) is 10.9. The maximum Gasteiger partial charge on any atom is 0.139 e. The minimum Gasteiger partial charge on any atom is -0.550 e. The summed E-state index contributed by atoms with van der Waals surface area (Å²) in [7, 11) is 0. The first-order chi connectivity index (χ1) is 7.80. The van der Waals surface area contributed by atoms with Gasteiger partial charge < -0.3 is 9.90 Å². The highest BCUT2D eigenvalue weighted by molar-refractivity contribution is 5.87. The van der Waals surface area contributed by atoms with Crippen LogP contribution in [0.15, 0.2) is 0 Å². The monoisotopic (exact) mass is 237 g/mol. The molecule has 2 aliphatic rings. The lowest BCUT2D eigenvalue weighted by molar-refractivity contribution is -0.313. The molecule has 0 radical (unpaired) electrons. The maximum atomic E-state index is 12.2. The van der Waals surface area contributed by atoms with Crippen molar-refractivity contribution in [2.24, 2.45) is 29.1 Å². The molecule has 0 spiro atoms. The first-order valence-electron chi connectivity index (χ1n) is 6.55. The number of ketones is 1. The molecule has 0 aromatic rings. The highest BCUT2D eigenvalue weighted by atomic mass is 16.4. The third kappa shape index (κ3) is 2.24. The van der Waals surface area contributed by atoms with Gasteiger partial charge in [-0.2, -0.15) is 0 Å². The van der Waals surface area contributed by atoms with E-state index in [0.717, 1.165) is 12.8 Å². The predicted molar refractivity (Wildman–Crippen MR) is 61.9 cm³/mol. The van der Waals surface area contributed by atoms with E-state index in [1.165, 1.54) is 0 Å². The number of Topliss-reactive ketones (excluding diaryl/α,β-unsaturated/α-hetero) is 1. The summed E-state index contributed by atoms with van der Waals surface area (Å²) < 4.78 is 0. The van der Waals surface area contributed by atoms with Crippen molar-refractivity contribution in [3.05, 3.63) is 0 Å². The lowest BCUT2D eigenvalue weighted by Crippen LogP contribution is -2.49. The fourth-order valence-corrected chi connectivity index (χ4v) is 3.71. The largest absolute Gasteiger partial charge is 0.550 e. The zero-order valence-electron chi connectivity index (χ0n) is 10.9. The summed E-state index contributed by atoms with van der Waals surface area (Å²) in [6.07, 6.45) is 2.93. The molecule has 0 aromatic carbocycles. The summed E-state index contributed by atoms with van der Waals surface area (Å²) >= 11 is 0. The number of hydrogen-bond donors (Lipinski definition) is 0. The molecule has 96 valence electrons. The van der Waals surface area contributed by atoms with Gasteiger partial charge in [0.05, 0.1) is 0 Å². The van der Waals surface area contributed by atoms with E-state index >= 15 is 0 Å². The van der Waals surface area contributed by atoms with Crippen molar-refractivity contribution in [3.63, 3.8) is 0 Å². The Hall–Kier alpha value is -0.860. The van der Waals surface area contributed by atoms with Crippen LogP contribution in [0.5, 0.6) is 0 Å². The van der Waals surface area contributed by atoms with Crippen LogP contribution in [0.25, 0.3) is 0 Å². The van der Waals surface area contributed by atoms with Crippen LogP contribution < -0.4 is 5.11 Å². The van der Waals surface area contributed by atoms with E-state index in [-0.39, 0.29) is 17.3 Å². The van der Waals surface area contributed by atoms with Crippen molar-refractivity contribution in [1.29, 1.82) is 0 Å². The van der Waals surface area contributed by atoms with E-state index in [2.05, 4.69) is 20.8 Å². The molecule has 0 aliphatic heterocycles. The minimum absolute atomic E-state index is 0.0183. The first kappa shape index (κ1) is 12.6. The van der Waals surface area contributed by atoms with Gasteiger partial charge in [-0.3, -0.25) is 4.79 Å². The molecule has 2 saturated carbocycles. The Kier molecular flexibility index (Phi) is 3.04. The van der Waals surface area contributed by atoms with E-state index in [9.17, 15) is 14.7 Å². The SMILES string of the molecule is CC(C)(C)C1CCC2CC(C(=O)[O-])CC1C2=O. The van der Waals surface area contributed by atoms with E-state index in [1.54, 1.807) is 0 Å². The smallest absolute Gasteiger partial charge is 0.139 e. The molecule has 3 heteroatoms. The molecule has 0 amide bonds. The molecule has 3 nitrogen and oxygen atoms in total. The third-order valence-corrected chi connectivity index (χ3v) is 4.63. The summed E-state index contributed by atoms with van der Waals surface area (Å²) in [4.78, 5) is 23.2. The summed E-state index contributed by atoms with van der Waals surface area (Å²) in [5.41, 5.74) is 0.0825. The van der Waals surface area contributed by atoms with Gasteiger partial charge in [-0.1, -0.05) is 20.8 Å². The fraction of sp³-hybridized carbons (Fsp3) is 0.857. The highest BCUT2D eigenvalue weighted by Gasteiger charge is 2.47. The molecule has 2 fully saturated rings. The second-order valence-corrected chi connectivity index (χ2v) is 6.74. The number of carboxylic acid groups (broad SMARTS) is 1. The predicted octanol–water partition coefficient (Wildman–Crippen LogP) is 1.40. The normalized spacial score (nSPS) is 37.9.